The van der Waals surface area contributed by atoms with Gasteiger partial charge in [-0.1, -0.05) is 12.1 Å². The van der Waals surface area contributed by atoms with E-state index in [1.807, 2.05) is 76.9 Å². The fourth-order valence-corrected chi connectivity index (χ4v) is 3.58. The SMILES string of the molecule is O=C(NCCc1csc(-c2ccccn2)n1)c1cccc(-n2cccc2)c1. The summed E-state index contributed by atoms with van der Waals surface area (Å²) < 4.78 is 1.98. The Morgan fingerprint density at radius 1 is 1.07 bits per heavy atom. The molecule has 0 radical (unpaired) electrons. The van der Waals surface area contributed by atoms with Crippen LogP contribution in [0, 0.1) is 0 Å². The maximum Gasteiger partial charge on any atom is 0.251 e. The van der Waals surface area contributed by atoms with Gasteiger partial charge >= 0.3 is 0 Å². The molecule has 0 unspecified atom stereocenters. The summed E-state index contributed by atoms with van der Waals surface area (Å²) in [6, 6.07) is 17.3. The topological polar surface area (TPSA) is 59.8 Å². The van der Waals surface area contributed by atoms with Crippen LogP contribution in [0.25, 0.3) is 16.4 Å². The third-order valence-electron chi connectivity index (χ3n) is 4.11. The molecule has 27 heavy (non-hydrogen) atoms. The first-order valence-corrected chi connectivity index (χ1v) is 9.55. The average molecular weight is 374 g/mol. The molecule has 6 heteroatoms. The first-order valence-electron chi connectivity index (χ1n) is 8.67. The summed E-state index contributed by atoms with van der Waals surface area (Å²) in [5.74, 6) is -0.0795. The Balaban J connectivity index is 1.35. The van der Waals surface area contributed by atoms with E-state index in [1.54, 1.807) is 17.5 Å². The van der Waals surface area contributed by atoms with Gasteiger partial charge in [-0.15, -0.1) is 11.3 Å². The predicted octanol–water partition coefficient (Wildman–Crippen LogP) is 3.97. The molecule has 1 N–H and O–H groups in total. The number of carbonyl (C=O) groups excluding carboxylic acids is 1. The van der Waals surface area contributed by atoms with Crippen molar-refractivity contribution in [3.8, 4) is 16.4 Å². The molecule has 0 saturated heterocycles. The molecule has 3 aromatic heterocycles. The molecular weight excluding hydrogens is 356 g/mol. The van der Waals surface area contributed by atoms with Gasteiger partial charge in [0.25, 0.3) is 5.91 Å². The second-order valence-electron chi connectivity index (χ2n) is 6.01. The first-order chi connectivity index (χ1) is 13.3. The van der Waals surface area contributed by atoms with E-state index in [9.17, 15) is 4.79 Å². The zero-order valence-corrected chi connectivity index (χ0v) is 15.4. The molecule has 4 aromatic rings. The molecule has 0 atom stereocenters. The Morgan fingerprint density at radius 2 is 1.96 bits per heavy atom. The van der Waals surface area contributed by atoms with E-state index in [0.717, 1.165) is 22.1 Å². The molecule has 5 nitrogen and oxygen atoms in total. The fourth-order valence-electron chi connectivity index (χ4n) is 2.75. The lowest BCUT2D eigenvalue weighted by Gasteiger charge is -2.07. The van der Waals surface area contributed by atoms with Crippen molar-refractivity contribution < 1.29 is 4.79 Å². The van der Waals surface area contributed by atoms with Crippen LogP contribution in [0.3, 0.4) is 0 Å². The number of thiazole rings is 1. The summed E-state index contributed by atoms with van der Waals surface area (Å²) in [4.78, 5) is 21.4. The number of aromatic nitrogens is 3. The summed E-state index contributed by atoms with van der Waals surface area (Å²) in [6.07, 6.45) is 6.36. The minimum absolute atomic E-state index is 0.0795. The number of amides is 1. The second-order valence-corrected chi connectivity index (χ2v) is 6.86. The molecule has 0 spiro atoms. The number of rotatable bonds is 6. The van der Waals surface area contributed by atoms with Gasteiger partial charge in [0.05, 0.1) is 11.4 Å². The minimum Gasteiger partial charge on any atom is -0.352 e. The molecule has 134 valence electrons. The molecule has 1 amide bonds. The largest absolute Gasteiger partial charge is 0.352 e. The van der Waals surface area contributed by atoms with Gasteiger partial charge in [0, 0.05) is 48.2 Å². The minimum atomic E-state index is -0.0795. The van der Waals surface area contributed by atoms with Gasteiger partial charge in [-0.2, -0.15) is 0 Å². The Bertz CT molecular complexity index is 1030. The zero-order valence-electron chi connectivity index (χ0n) is 14.6. The van der Waals surface area contributed by atoms with E-state index in [1.165, 1.54) is 0 Å². The molecule has 3 heterocycles. The highest BCUT2D eigenvalue weighted by molar-refractivity contribution is 7.13. The highest BCUT2D eigenvalue weighted by Gasteiger charge is 2.08. The molecular formula is C21H18N4OS. The van der Waals surface area contributed by atoms with Crippen molar-refractivity contribution in [1.82, 2.24) is 19.9 Å². The highest BCUT2D eigenvalue weighted by Crippen LogP contribution is 2.21. The van der Waals surface area contributed by atoms with Crippen LogP contribution < -0.4 is 5.32 Å². The molecule has 0 aliphatic carbocycles. The van der Waals surface area contributed by atoms with Crippen LogP contribution in [0.1, 0.15) is 16.1 Å². The number of pyridine rings is 1. The molecule has 0 bridgehead atoms. The van der Waals surface area contributed by atoms with Crippen molar-refractivity contribution >= 4 is 17.2 Å². The van der Waals surface area contributed by atoms with Crippen molar-refractivity contribution in [2.24, 2.45) is 0 Å². The Hall–Kier alpha value is -3.25. The van der Waals surface area contributed by atoms with Crippen molar-refractivity contribution in [1.29, 1.82) is 0 Å². The van der Waals surface area contributed by atoms with E-state index in [2.05, 4.69) is 15.3 Å². The standard InChI is InChI=1S/C21H18N4OS/c26-20(16-6-5-7-18(14-16)25-12-3-4-13-25)23-11-9-17-15-27-21(24-17)19-8-1-2-10-22-19/h1-8,10,12-15H,9,11H2,(H,23,26). The van der Waals surface area contributed by atoms with E-state index in [0.29, 0.717) is 18.5 Å². The number of hydrogen-bond donors (Lipinski definition) is 1. The van der Waals surface area contributed by atoms with Crippen molar-refractivity contribution in [3.63, 3.8) is 0 Å². The van der Waals surface area contributed by atoms with Gasteiger partial charge in [0.1, 0.15) is 5.01 Å². The van der Waals surface area contributed by atoms with Crippen LogP contribution in [0.4, 0.5) is 0 Å². The molecule has 0 fully saturated rings. The maximum atomic E-state index is 12.4. The molecule has 0 saturated carbocycles. The quantitative estimate of drug-likeness (QED) is 0.556. The molecule has 4 rings (SSSR count). The molecule has 0 aliphatic rings. The van der Waals surface area contributed by atoms with Gasteiger partial charge in [0.2, 0.25) is 0 Å². The summed E-state index contributed by atoms with van der Waals surface area (Å²) in [5, 5.41) is 5.89. The molecule has 0 aliphatic heterocycles. The Morgan fingerprint density at radius 3 is 2.78 bits per heavy atom. The lowest BCUT2D eigenvalue weighted by Crippen LogP contribution is -2.25. The number of nitrogens with one attached hydrogen (secondary N) is 1. The van der Waals surface area contributed by atoms with Gasteiger partial charge in [0.15, 0.2) is 0 Å². The number of benzene rings is 1. The van der Waals surface area contributed by atoms with E-state index in [4.69, 9.17) is 0 Å². The van der Waals surface area contributed by atoms with Crippen LogP contribution in [0.2, 0.25) is 0 Å². The lowest BCUT2D eigenvalue weighted by molar-refractivity contribution is 0.0954. The van der Waals surface area contributed by atoms with Crippen LogP contribution in [0.15, 0.2) is 78.6 Å². The summed E-state index contributed by atoms with van der Waals surface area (Å²) in [5.41, 5.74) is 3.45. The lowest BCUT2D eigenvalue weighted by atomic mass is 10.2. The van der Waals surface area contributed by atoms with Crippen molar-refractivity contribution in [2.75, 3.05) is 6.54 Å². The summed E-state index contributed by atoms with van der Waals surface area (Å²) >= 11 is 1.57. The van der Waals surface area contributed by atoms with Gasteiger partial charge in [-0.3, -0.25) is 9.78 Å². The van der Waals surface area contributed by atoms with Gasteiger partial charge in [-0.05, 0) is 42.5 Å². The van der Waals surface area contributed by atoms with Gasteiger partial charge in [-0.25, -0.2) is 4.98 Å². The number of nitrogens with zero attached hydrogens (tertiary/aromatic N) is 3. The first kappa shape index (κ1) is 17.2. The number of hydrogen-bond acceptors (Lipinski definition) is 4. The van der Waals surface area contributed by atoms with E-state index >= 15 is 0 Å². The smallest absolute Gasteiger partial charge is 0.251 e. The average Bonchev–Trinajstić information content (AvgIpc) is 3.41. The maximum absolute atomic E-state index is 12.4. The Labute approximate surface area is 161 Å². The summed E-state index contributed by atoms with van der Waals surface area (Å²) in [7, 11) is 0. The highest BCUT2D eigenvalue weighted by atomic mass is 32.1. The Kier molecular flexibility index (Phi) is 5.07. The monoisotopic (exact) mass is 374 g/mol. The summed E-state index contributed by atoms with van der Waals surface area (Å²) in [6.45, 7) is 0.540. The second kappa shape index (κ2) is 7.97. The predicted molar refractivity (Wildman–Crippen MR) is 107 cm³/mol. The van der Waals surface area contributed by atoms with Crippen LogP contribution in [-0.4, -0.2) is 27.0 Å². The zero-order chi connectivity index (χ0) is 18.5. The van der Waals surface area contributed by atoms with Crippen LogP contribution in [-0.2, 0) is 6.42 Å². The third kappa shape index (κ3) is 4.12. The van der Waals surface area contributed by atoms with E-state index < -0.39 is 0 Å². The number of carbonyl (C=O) groups is 1. The third-order valence-corrected chi connectivity index (χ3v) is 5.03. The van der Waals surface area contributed by atoms with E-state index in [-0.39, 0.29) is 5.91 Å². The van der Waals surface area contributed by atoms with Crippen molar-refractivity contribution in [2.45, 2.75) is 6.42 Å². The van der Waals surface area contributed by atoms with Crippen LogP contribution >= 0.6 is 11.3 Å². The van der Waals surface area contributed by atoms with Gasteiger partial charge < -0.3 is 9.88 Å². The normalized spacial score (nSPS) is 10.7. The van der Waals surface area contributed by atoms with Crippen LogP contribution in [0.5, 0.6) is 0 Å². The van der Waals surface area contributed by atoms with Crippen molar-refractivity contribution in [3.05, 3.63) is 89.8 Å². The fraction of sp³-hybridized carbons (Fsp3) is 0.0952. The molecule has 1 aromatic carbocycles.